The lowest BCUT2D eigenvalue weighted by atomic mass is 9.61. The Labute approximate surface area is 188 Å². The number of allylic oxidation sites excluding steroid dienone is 4. The summed E-state index contributed by atoms with van der Waals surface area (Å²) >= 11 is 2.56. The highest BCUT2D eigenvalue weighted by atomic mass is 127. The molecule has 0 aromatic carbocycles. The Hall–Kier alpha value is 0.640. The maximum Gasteiger partial charge on any atom is 0.0144 e. The van der Waals surface area contributed by atoms with Gasteiger partial charge in [0.25, 0.3) is 0 Å². The summed E-state index contributed by atoms with van der Waals surface area (Å²) in [6.45, 7) is 30.7. The van der Waals surface area contributed by atoms with Crippen molar-refractivity contribution in [2.75, 3.05) is 0 Å². The monoisotopic (exact) mass is 506 g/mol. The van der Waals surface area contributed by atoms with E-state index in [1.165, 1.54) is 0 Å². The van der Waals surface area contributed by atoms with Crippen molar-refractivity contribution in [3.05, 3.63) is 24.3 Å². The van der Waals surface area contributed by atoms with Crippen molar-refractivity contribution < 1.29 is 0 Å². The van der Waals surface area contributed by atoms with Gasteiger partial charge in [-0.25, -0.2) is 0 Å². The van der Waals surface area contributed by atoms with Gasteiger partial charge < -0.3 is 0 Å². The van der Waals surface area contributed by atoms with Crippen LogP contribution in [0.1, 0.15) is 90.0 Å². The molecule has 27 heavy (non-hydrogen) atoms. The van der Waals surface area contributed by atoms with Crippen LogP contribution in [0.4, 0.5) is 0 Å². The van der Waals surface area contributed by atoms with E-state index < -0.39 is 0 Å². The zero-order valence-corrected chi connectivity index (χ0v) is 23.8. The first kappa shape index (κ1) is 27.6. The van der Waals surface area contributed by atoms with Crippen LogP contribution in [-0.4, -0.2) is 9.08 Å². The van der Waals surface area contributed by atoms with Crippen molar-refractivity contribution in [1.29, 1.82) is 0 Å². The Kier molecular flexibility index (Phi) is 9.41. The molecular weight excluding hydrogens is 458 g/mol. The minimum Gasteiger partial charge on any atom is -0.127 e. The van der Waals surface area contributed by atoms with E-state index in [2.05, 4.69) is 146 Å². The smallest absolute Gasteiger partial charge is 0.0144 e. The van der Waals surface area contributed by atoms with Crippen LogP contribution in [0.3, 0.4) is 0 Å². The highest BCUT2D eigenvalue weighted by Gasteiger charge is 2.40. The lowest BCUT2D eigenvalue weighted by Gasteiger charge is -2.44. The van der Waals surface area contributed by atoms with Gasteiger partial charge in [-0.1, -0.05) is 137 Å². The van der Waals surface area contributed by atoms with Gasteiger partial charge >= 0.3 is 0 Å². The molecule has 0 saturated carbocycles. The first-order valence-corrected chi connectivity index (χ1v) is 12.4. The van der Waals surface area contributed by atoms with Crippen LogP contribution in [0.2, 0.25) is 0 Å². The predicted octanol–water partition coefficient (Wildman–Crippen LogP) is 8.95. The second-order valence-corrected chi connectivity index (χ2v) is 14.6. The van der Waals surface area contributed by atoms with Crippen molar-refractivity contribution in [2.45, 2.75) is 99.1 Å². The Morgan fingerprint density at radius 2 is 1.15 bits per heavy atom. The molecule has 4 atom stereocenters. The largest absolute Gasteiger partial charge is 0.127 e. The molecule has 0 spiro atoms. The van der Waals surface area contributed by atoms with Gasteiger partial charge in [-0.05, 0) is 33.5 Å². The number of alkyl halides is 1. The third-order valence-electron chi connectivity index (χ3n) is 8.32. The molecule has 0 aliphatic carbocycles. The molecule has 0 heterocycles. The number of hydrogen-bond acceptors (Lipinski definition) is 0. The Morgan fingerprint density at radius 1 is 0.704 bits per heavy atom. The number of hydrogen-bond donors (Lipinski definition) is 0. The van der Waals surface area contributed by atoms with Gasteiger partial charge in [0.15, 0.2) is 0 Å². The summed E-state index contributed by atoms with van der Waals surface area (Å²) in [6, 6.07) is 0. The van der Waals surface area contributed by atoms with Crippen LogP contribution < -0.4 is 0 Å². The lowest BCUT2D eigenvalue weighted by Crippen LogP contribution is -2.40. The van der Waals surface area contributed by atoms with Gasteiger partial charge in [-0.15, -0.1) is 9.24 Å². The molecule has 0 aliphatic heterocycles. The fourth-order valence-corrected chi connectivity index (χ4v) is 4.13. The Bertz CT molecular complexity index is 531. The Morgan fingerprint density at radius 3 is 1.52 bits per heavy atom. The maximum absolute atomic E-state index is 3.10. The zero-order valence-electron chi connectivity index (χ0n) is 20.5. The van der Waals surface area contributed by atoms with Crippen LogP contribution in [0.5, 0.6) is 0 Å². The molecular formula is C25H48IP. The highest BCUT2D eigenvalue weighted by Crippen LogP contribution is 2.47. The fraction of sp³-hybridized carbons (Fsp3) is 0.840. The van der Waals surface area contributed by atoms with E-state index in [0.717, 1.165) is 0 Å². The average molecular weight is 507 g/mol. The summed E-state index contributed by atoms with van der Waals surface area (Å²) < 4.78 is 0.599. The number of halogens is 1. The summed E-state index contributed by atoms with van der Waals surface area (Å²) in [5, 5.41) is 0.0766. The molecule has 0 N–H and O–H groups in total. The van der Waals surface area contributed by atoms with Crippen molar-refractivity contribution in [2.24, 2.45) is 33.5 Å². The van der Waals surface area contributed by atoms with E-state index in [-0.39, 0.29) is 26.8 Å². The second-order valence-electron chi connectivity index (χ2n) is 11.5. The maximum atomic E-state index is 3.10. The van der Waals surface area contributed by atoms with E-state index in [4.69, 9.17) is 0 Å². The van der Waals surface area contributed by atoms with Gasteiger partial charge in [0.1, 0.15) is 0 Å². The van der Waals surface area contributed by atoms with Gasteiger partial charge in [0, 0.05) is 9.08 Å². The molecule has 0 rings (SSSR count). The summed E-state index contributed by atoms with van der Waals surface area (Å²) in [4.78, 5) is 0. The van der Waals surface area contributed by atoms with Crippen LogP contribution >= 0.6 is 31.8 Å². The highest BCUT2D eigenvalue weighted by molar-refractivity contribution is 14.1. The molecule has 0 amide bonds. The standard InChI is InChI=1S/C25H48IP/c1-18(2)23(9,10)22(7,8)15-14-19(3)21(5,6)16-17-25(13,27)24(11,12)20(4)26/h14-20H,27H2,1-13H3/b15-14+,17-16+. The van der Waals surface area contributed by atoms with Crippen molar-refractivity contribution in [3.8, 4) is 0 Å². The van der Waals surface area contributed by atoms with Crippen LogP contribution in [0.15, 0.2) is 24.3 Å². The lowest BCUT2D eigenvalue weighted by molar-refractivity contribution is 0.0992. The van der Waals surface area contributed by atoms with Crippen LogP contribution in [-0.2, 0) is 0 Å². The zero-order chi connectivity index (χ0) is 22.1. The van der Waals surface area contributed by atoms with E-state index in [9.17, 15) is 0 Å². The van der Waals surface area contributed by atoms with Crippen LogP contribution in [0, 0.1) is 33.5 Å². The van der Waals surface area contributed by atoms with E-state index in [1.807, 2.05) is 0 Å². The molecule has 0 bridgehead atoms. The average Bonchev–Trinajstić information content (AvgIpc) is 2.50. The minimum atomic E-state index is 0.0766. The molecule has 4 unspecified atom stereocenters. The van der Waals surface area contributed by atoms with Crippen LogP contribution in [0.25, 0.3) is 0 Å². The summed E-state index contributed by atoms with van der Waals surface area (Å²) in [6.07, 6.45) is 9.78. The topological polar surface area (TPSA) is 0 Å². The predicted molar refractivity (Wildman–Crippen MR) is 139 cm³/mol. The van der Waals surface area contributed by atoms with Crippen molar-refractivity contribution in [3.63, 3.8) is 0 Å². The van der Waals surface area contributed by atoms with Crippen molar-refractivity contribution in [1.82, 2.24) is 0 Å². The van der Waals surface area contributed by atoms with E-state index >= 15 is 0 Å². The first-order valence-electron chi connectivity index (χ1n) is 10.5. The van der Waals surface area contributed by atoms with E-state index in [1.54, 1.807) is 0 Å². The summed E-state index contributed by atoms with van der Waals surface area (Å²) in [5.41, 5.74) is 0.773. The molecule has 0 fully saturated rings. The molecule has 0 aromatic heterocycles. The van der Waals surface area contributed by atoms with Gasteiger partial charge in [0.2, 0.25) is 0 Å². The van der Waals surface area contributed by atoms with E-state index in [0.29, 0.717) is 15.8 Å². The Balaban J connectivity index is 5.50. The molecule has 0 aliphatic rings. The number of rotatable bonds is 9. The van der Waals surface area contributed by atoms with Gasteiger partial charge in [-0.3, -0.25) is 0 Å². The third kappa shape index (κ3) is 6.56. The molecule has 0 saturated heterocycles. The van der Waals surface area contributed by atoms with Gasteiger partial charge in [-0.2, -0.15) is 0 Å². The second kappa shape index (κ2) is 9.20. The van der Waals surface area contributed by atoms with Gasteiger partial charge in [0.05, 0.1) is 0 Å². The fourth-order valence-electron chi connectivity index (χ4n) is 2.77. The van der Waals surface area contributed by atoms with Crippen molar-refractivity contribution >= 4 is 31.8 Å². The quantitative estimate of drug-likeness (QED) is 0.127. The first-order chi connectivity index (χ1) is 11.7. The molecule has 160 valence electrons. The molecule has 0 radical (unpaired) electrons. The molecule has 0 nitrogen and oxygen atoms in total. The minimum absolute atomic E-state index is 0.0766. The summed E-state index contributed by atoms with van der Waals surface area (Å²) in [5.74, 6) is 1.13. The summed E-state index contributed by atoms with van der Waals surface area (Å²) in [7, 11) is 3.10. The normalized spacial score (nSPS) is 19.7. The molecule has 2 heteroatoms. The third-order valence-corrected chi connectivity index (χ3v) is 10.8. The SMILES string of the molecule is CC(/C=C/C(C)(C)C(C)(C)C(C)C)C(C)(C)/C=C/C(C)(P)C(C)(C)C(C)I. The molecule has 0 aromatic rings.